The molecule has 2 heterocycles. The van der Waals surface area contributed by atoms with Crippen molar-refractivity contribution in [3.05, 3.63) is 16.9 Å². The van der Waals surface area contributed by atoms with E-state index >= 15 is 0 Å². The van der Waals surface area contributed by atoms with Gasteiger partial charge in [-0.05, 0) is 13.0 Å². The molecule has 0 unspecified atom stereocenters. The number of anilines is 1. The first-order valence-electron chi connectivity index (χ1n) is 4.56. The van der Waals surface area contributed by atoms with Gasteiger partial charge in [-0.2, -0.15) is 0 Å². The molecule has 0 atom stereocenters. The molecule has 2 rings (SSSR count). The normalized spacial score (nSPS) is 16.9. The summed E-state index contributed by atoms with van der Waals surface area (Å²) >= 11 is 5.82. The van der Waals surface area contributed by atoms with E-state index in [0.717, 1.165) is 18.8 Å². The predicted octanol–water partition coefficient (Wildman–Crippen LogP) is 0.867. The zero-order valence-corrected chi connectivity index (χ0v) is 8.70. The molecule has 0 spiro atoms. The van der Waals surface area contributed by atoms with Crippen molar-refractivity contribution in [3.63, 3.8) is 0 Å². The summed E-state index contributed by atoms with van der Waals surface area (Å²) in [7, 11) is 0. The van der Waals surface area contributed by atoms with Crippen molar-refractivity contribution < 1.29 is 5.11 Å². The maximum absolute atomic E-state index is 8.87. The van der Waals surface area contributed by atoms with Crippen molar-refractivity contribution in [1.29, 1.82) is 0 Å². The number of hydrogen-bond donors (Lipinski definition) is 1. The number of nitrogens with zero attached hydrogens (tertiary/aromatic N) is 3. The van der Waals surface area contributed by atoms with E-state index in [1.807, 2.05) is 11.8 Å². The predicted molar refractivity (Wildman–Crippen MR) is 54.6 cm³/mol. The van der Waals surface area contributed by atoms with Gasteiger partial charge in [0.1, 0.15) is 5.15 Å². The summed E-state index contributed by atoms with van der Waals surface area (Å²) in [6.07, 6.45) is 0. The van der Waals surface area contributed by atoms with Gasteiger partial charge in [-0.15, -0.1) is 0 Å². The molecule has 1 N–H and O–H groups in total. The van der Waals surface area contributed by atoms with Crippen LogP contribution in [-0.4, -0.2) is 34.8 Å². The Balaban J connectivity index is 2.10. The van der Waals surface area contributed by atoms with E-state index in [1.54, 1.807) is 6.07 Å². The Morgan fingerprint density at radius 3 is 2.86 bits per heavy atom. The lowest BCUT2D eigenvalue weighted by Gasteiger charge is -2.38. The van der Waals surface area contributed by atoms with Crippen molar-refractivity contribution in [1.82, 2.24) is 9.97 Å². The fourth-order valence-electron chi connectivity index (χ4n) is 1.51. The molecule has 0 radical (unpaired) electrons. The van der Waals surface area contributed by atoms with Gasteiger partial charge >= 0.3 is 0 Å². The van der Waals surface area contributed by atoms with E-state index in [1.165, 1.54) is 0 Å². The summed E-state index contributed by atoms with van der Waals surface area (Å²) in [5, 5.41) is 9.34. The Morgan fingerprint density at radius 1 is 1.57 bits per heavy atom. The Bertz CT molecular complexity index is 319. The van der Waals surface area contributed by atoms with E-state index in [2.05, 4.69) is 9.97 Å². The molecular weight excluding hydrogens is 202 g/mol. The van der Waals surface area contributed by atoms with Crippen molar-refractivity contribution in [2.45, 2.75) is 6.92 Å². The average molecular weight is 214 g/mol. The largest absolute Gasteiger partial charge is 0.396 e. The van der Waals surface area contributed by atoms with E-state index in [4.69, 9.17) is 16.7 Å². The second-order valence-corrected chi connectivity index (χ2v) is 3.97. The van der Waals surface area contributed by atoms with Gasteiger partial charge in [-0.1, -0.05) is 11.6 Å². The van der Waals surface area contributed by atoms with Crippen LogP contribution in [0.2, 0.25) is 5.15 Å². The Labute approximate surface area is 87.5 Å². The lowest BCUT2D eigenvalue weighted by atomic mass is 10.0. The van der Waals surface area contributed by atoms with E-state index in [0.29, 0.717) is 17.0 Å². The van der Waals surface area contributed by atoms with Crippen LogP contribution in [-0.2, 0) is 0 Å². The third kappa shape index (κ3) is 1.81. The topological polar surface area (TPSA) is 49.2 Å². The van der Waals surface area contributed by atoms with Gasteiger partial charge in [0, 0.05) is 31.3 Å². The maximum atomic E-state index is 8.87. The van der Waals surface area contributed by atoms with Crippen LogP contribution in [0, 0.1) is 12.8 Å². The molecule has 76 valence electrons. The molecule has 1 aromatic rings. The molecular formula is C9H12ClN3O. The van der Waals surface area contributed by atoms with Crippen molar-refractivity contribution in [3.8, 4) is 0 Å². The van der Waals surface area contributed by atoms with Crippen LogP contribution < -0.4 is 4.90 Å². The molecule has 1 fully saturated rings. The molecule has 14 heavy (non-hydrogen) atoms. The smallest absolute Gasteiger partial charge is 0.226 e. The highest BCUT2D eigenvalue weighted by Gasteiger charge is 2.28. The van der Waals surface area contributed by atoms with Gasteiger partial charge in [0.15, 0.2) is 0 Å². The molecule has 1 aliphatic rings. The first-order valence-corrected chi connectivity index (χ1v) is 4.94. The van der Waals surface area contributed by atoms with Gasteiger partial charge in [0.25, 0.3) is 0 Å². The first-order chi connectivity index (χ1) is 6.69. The monoisotopic (exact) mass is 213 g/mol. The third-order valence-electron chi connectivity index (χ3n) is 2.31. The van der Waals surface area contributed by atoms with Crippen LogP contribution in [0.5, 0.6) is 0 Å². The molecule has 1 aliphatic heterocycles. The maximum Gasteiger partial charge on any atom is 0.226 e. The van der Waals surface area contributed by atoms with E-state index in [-0.39, 0.29) is 6.61 Å². The SMILES string of the molecule is Cc1cc(Cl)nc(N2CC(CO)C2)n1. The number of aliphatic hydroxyl groups is 1. The standard InChI is InChI=1S/C9H12ClN3O/c1-6-2-8(10)12-9(11-6)13-3-7(4-13)5-14/h2,7,14H,3-5H2,1H3. The van der Waals surface area contributed by atoms with Crippen LogP contribution in [0.3, 0.4) is 0 Å². The molecule has 1 saturated heterocycles. The molecule has 4 nitrogen and oxygen atoms in total. The minimum absolute atomic E-state index is 0.232. The first kappa shape index (κ1) is 9.68. The van der Waals surface area contributed by atoms with E-state index in [9.17, 15) is 0 Å². The fraction of sp³-hybridized carbons (Fsp3) is 0.556. The zero-order chi connectivity index (χ0) is 10.1. The van der Waals surface area contributed by atoms with Crippen LogP contribution in [0.4, 0.5) is 5.95 Å². The lowest BCUT2D eigenvalue weighted by molar-refractivity contribution is 0.199. The molecule has 1 aromatic heterocycles. The second-order valence-electron chi connectivity index (χ2n) is 3.59. The highest BCUT2D eigenvalue weighted by Crippen LogP contribution is 2.22. The average Bonchev–Trinajstić information content (AvgIpc) is 2.00. The summed E-state index contributed by atoms with van der Waals surface area (Å²) in [6.45, 7) is 3.75. The summed E-state index contributed by atoms with van der Waals surface area (Å²) in [4.78, 5) is 10.4. The highest BCUT2D eigenvalue weighted by molar-refractivity contribution is 6.29. The van der Waals surface area contributed by atoms with Crippen LogP contribution >= 0.6 is 11.6 Å². The molecule has 0 aromatic carbocycles. The number of aryl methyl sites for hydroxylation is 1. The summed E-state index contributed by atoms with van der Waals surface area (Å²) in [6, 6.07) is 1.73. The minimum Gasteiger partial charge on any atom is -0.396 e. The molecule has 0 saturated carbocycles. The number of rotatable bonds is 2. The number of halogens is 1. The van der Waals surface area contributed by atoms with Crippen LogP contribution in [0.1, 0.15) is 5.69 Å². The Morgan fingerprint density at radius 2 is 2.29 bits per heavy atom. The quantitative estimate of drug-likeness (QED) is 0.741. The fourth-order valence-corrected chi connectivity index (χ4v) is 1.74. The van der Waals surface area contributed by atoms with Crippen LogP contribution in [0.25, 0.3) is 0 Å². The number of aromatic nitrogens is 2. The summed E-state index contributed by atoms with van der Waals surface area (Å²) in [5.41, 5.74) is 0.868. The van der Waals surface area contributed by atoms with Crippen LogP contribution in [0.15, 0.2) is 6.07 Å². The molecule has 0 aliphatic carbocycles. The lowest BCUT2D eigenvalue weighted by Crippen LogP contribution is -2.49. The number of hydrogen-bond acceptors (Lipinski definition) is 4. The Kier molecular flexibility index (Phi) is 2.56. The van der Waals surface area contributed by atoms with Crippen molar-refractivity contribution >= 4 is 17.5 Å². The summed E-state index contributed by atoms with van der Waals surface area (Å²) in [5.74, 6) is 1.03. The summed E-state index contributed by atoms with van der Waals surface area (Å²) < 4.78 is 0. The van der Waals surface area contributed by atoms with Gasteiger partial charge in [0.05, 0.1) is 0 Å². The Hall–Kier alpha value is -0.870. The number of aliphatic hydroxyl groups excluding tert-OH is 1. The molecule has 0 amide bonds. The zero-order valence-electron chi connectivity index (χ0n) is 7.94. The van der Waals surface area contributed by atoms with Crippen molar-refractivity contribution in [2.75, 3.05) is 24.6 Å². The van der Waals surface area contributed by atoms with Crippen molar-refractivity contribution in [2.24, 2.45) is 5.92 Å². The third-order valence-corrected chi connectivity index (χ3v) is 2.50. The minimum atomic E-state index is 0.232. The van der Waals surface area contributed by atoms with Gasteiger partial charge in [0.2, 0.25) is 5.95 Å². The second kappa shape index (κ2) is 3.71. The van der Waals surface area contributed by atoms with Gasteiger partial charge in [-0.25, -0.2) is 9.97 Å². The van der Waals surface area contributed by atoms with Gasteiger partial charge in [-0.3, -0.25) is 0 Å². The molecule has 0 bridgehead atoms. The highest BCUT2D eigenvalue weighted by atomic mass is 35.5. The van der Waals surface area contributed by atoms with Gasteiger partial charge < -0.3 is 10.0 Å². The van der Waals surface area contributed by atoms with E-state index < -0.39 is 0 Å². The molecule has 5 heteroatoms.